The van der Waals surface area contributed by atoms with Gasteiger partial charge in [-0.25, -0.2) is 0 Å². The molecule has 0 aliphatic rings. The van der Waals surface area contributed by atoms with Gasteiger partial charge in [-0.15, -0.1) is 10.2 Å². The Balaban J connectivity index is 1.59. The third-order valence-electron chi connectivity index (χ3n) is 4.52. The smallest absolute Gasteiger partial charge is 0.234 e. The van der Waals surface area contributed by atoms with Crippen LogP contribution >= 0.6 is 11.8 Å². The summed E-state index contributed by atoms with van der Waals surface area (Å²) in [6, 6.07) is 24.2. The summed E-state index contributed by atoms with van der Waals surface area (Å²) in [5, 5.41) is 21.8. The van der Waals surface area contributed by atoms with Gasteiger partial charge in [0.15, 0.2) is 11.0 Å². The first kappa shape index (κ1) is 19.7. The van der Waals surface area contributed by atoms with Crippen molar-refractivity contribution in [3.05, 3.63) is 84.4 Å². The number of nitrogens with one attached hydrogen (secondary N) is 1. The molecule has 0 fully saturated rings. The average molecular weight is 417 g/mol. The van der Waals surface area contributed by atoms with E-state index in [4.69, 9.17) is 0 Å². The minimum atomic E-state index is -0.108. The number of rotatable bonds is 6. The average Bonchev–Trinajstić information content (AvgIpc) is 3.19. The third-order valence-corrected chi connectivity index (χ3v) is 5.45. The van der Waals surface area contributed by atoms with Gasteiger partial charge in [-0.3, -0.25) is 9.36 Å². The van der Waals surface area contributed by atoms with Gasteiger partial charge in [0.05, 0.1) is 5.75 Å². The summed E-state index contributed by atoms with van der Waals surface area (Å²) in [7, 11) is 0. The predicted molar refractivity (Wildman–Crippen MR) is 119 cm³/mol. The maximum Gasteiger partial charge on any atom is 0.234 e. The molecule has 1 aromatic heterocycles. The van der Waals surface area contributed by atoms with E-state index >= 15 is 0 Å². The molecule has 1 amide bonds. The number of carbonyl (C=O) groups excluding carboxylic acids is 1. The monoisotopic (exact) mass is 416 g/mol. The van der Waals surface area contributed by atoms with Gasteiger partial charge < -0.3 is 10.4 Å². The number of hydrogen-bond acceptors (Lipinski definition) is 5. The number of aryl methyl sites for hydroxylation is 1. The molecule has 150 valence electrons. The predicted octanol–water partition coefficient (Wildman–Crippen LogP) is 4.68. The van der Waals surface area contributed by atoms with E-state index in [9.17, 15) is 9.90 Å². The van der Waals surface area contributed by atoms with Crippen LogP contribution in [0.5, 0.6) is 5.75 Å². The first-order valence-corrected chi connectivity index (χ1v) is 10.4. The molecule has 0 atom stereocenters. The van der Waals surface area contributed by atoms with Crippen molar-refractivity contribution in [1.29, 1.82) is 0 Å². The zero-order valence-electron chi connectivity index (χ0n) is 16.3. The Morgan fingerprint density at radius 2 is 1.67 bits per heavy atom. The van der Waals surface area contributed by atoms with Crippen LogP contribution < -0.4 is 5.32 Å². The molecule has 0 saturated carbocycles. The highest BCUT2D eigenvalue weighted by Gasteiger charge is 2.17. The minimum absolute atomic E-state index is 0.108. The summed E-state index contributed by atoms with van der Waals surface area (Å²) in [5.74, 6) is 0.924. The highest BCUT2D eigenvalue weighted by Crippen LogP contribution is 2.29. The Morgan fingerprint density at radius 1 is 0.967 bits per heavy atom. The molecule has 0 saturated heterocycles. The van der Waals surface area contributed by atoms with Crippen molar-refractivity contribution in [2.24, 2.45) is 0 Å². The van der Waals surface area contributed by atoms with E-state index in [-0.39, 0.29) is 17.4 Å². The van der Waals surface area contributed by atoms with Crippen LogP contribution in [0.15, 0.2) is 84.0 Å². The first-order valence-electron chi connectivity index (χ1n) is 9.40. The van der Waals surface area contributed by atoms with Crippen LogP contribution in [0.1, 0.15) is 5.56 Å². The second-order valence-corrected chi connectivity index (χ2v) is 7.62. The Bertz CT molecular complexity index is 1160. The summed E-state index contributed by atoms with van der Waals surface area (Å²) >= 11 is 1.32. The quantitative estimate of drug-likeness (QED) is 0.446. The topological polar surface area (TPSA) is 80.0 Å². The Kier molecular flexibility index (Phi) is 5.81. The lowest BCUT2D eigenvalue weighted by atomic mass is 10.2. The standard InChI is InChI=1S/C23H20N4O2S/c1-16-7-5-6-10-20(16)24-21(29)15-30-23-26-25-22(17-11-13-19(28)14-12-17)27(23)18-8-3-2-4-9-18/h2-14,28H,15H2,1H3,(H,24,29). The van der Waals surface area contributed by atoms with Crippen LogP contribution in [0, 0.1) is 6.92 Å². The number of aromatic hydroxyl groups is 1. The van der Waals surface area contributed by atoms with Gasteiger partial charge >= 0.3 is 0 Å². The van der Waals surface area contributed by atoms with Crippen molar-refractivity contribution in [1.82, 2.24) is 14.8 Å². The Morgan fingerprint density at radius 3 is 2.40 bits per heavy atom. The summed E-state index contributed by atoms with van der Waals surface area (Å²) in [5.41, 5.74) is 3.53. The normalized spacial score (nSPS) is 10.7. The molecule has 3 aromatic carbocycles. The van der Waals surface area contributed by atoms with Crippen molar-refractivity contribution >= 4 is 23.4 Å². The second kappa shape index (κ2) is 8.84. The van der Waals surface area contributed by atoms with Gasteiger partial charge in [0.25, 0.3) is 0 Å². The lowest BCUT2D eigenvalue weighted by molar-refractivity contribution is -0.113. The number of benzene rings is 3. The van der Waals surface area contributed by atoms with Gasteiger partial charge in [0.1, 0.15) is 5.75 Å². The van der Waals surface area contributed by atoms with E-state index in [0.717, 1.165) is 22.5 Å². The lowest BCUT2D eigenvalue weighted by Crippen LogP contribution is -2.15. The van der Waals surface area contributed by atoms with Crippen LogP contribution in [0.25, 0.3) is 17.1 Å². The maximum absolute atomic E-state index is 12.5. The third kappa shape index (κ3) is 4.36. The number of anilines is 1. The van der Waals surface area contributed by atoms with E-state index < -0.39 is 0 Å². The lowest BCUT2D eigenvalue weighted by Gasteiger charge is -2.11. The number of amides is 1. The number of nitrogens with zero attached hydrogens (tertiary/aromatic N) is 3. The van der Waals surface area contributed by atoms with Crippen LogP contribution in [0.2, 0.25) is 0 Å². The first-order chi connectivity index (χ1) is 14.6. The minimum Gasteiger partial charge on any atom is -0.508 e. The van der Waals surface area contributed by atoms with Crippen LogP contribution in [0.4, 0.5) is 5.69 Å². The molecule has 1 heterocycles. The van der Waals surface area contributed by atoms with Gasteiger partial charge in [-0.2, -0.15) is 0 Å². The Hall–Kier alpha value is -3.58. The fraction of sp³-hybridized carbons (Fsp3) is 0.0870. The molecule has 0 spiro atoms. The van der Waals surface area contributed by atoms with E-state index in [0.29, 0.717) is 11.0 Å². The van der Waals surface area contributed by atoms with Gasteiger partial charge in [0, 0.05) is 16.9 Å². The Labute approximate surface area is 178 Å². The largest absolute Gasteiger partial charge is 0.508 e. The van der Waals surface area contributed by atoms with E-state index in [2.05, 4.69) is 15.5 Å². The molecule has 4 aromatic rings. The van der Waals surface area contributed by atoms with Crippen molar-refractivity contribution in [2.45, 2.75) is 12.1 Å². The summed E-state index contributed by atoms with van der Waals surface area (Å²) in [6.45, 7) is 1.96. The maximum atomic E-state index is 12.5. The molecule has 0 aliphatic carbocycles. The van der Waals surface area contributed by atoms with Crippen molar-refractivity contribution < 1.29 is 9.90 Å². The molecule has 4 rings (SSSR count). The van der Waals surface area contributed by atoms with Crippen LogP contribution in [0.3, 0.4) is 0 Å². The zero-order chi connectivity index (χ0) is 20.9. The van der Waals surface area contributed by atoms with Crippen molar-refractivity contribution in [3.63, 3.8) is 0 Å². The fourth-order valence-electron chi connectivity index (χ4n) is 3.00. The molecule has 7 heteroatoms. The second-order valence-electron chi connectivity index (χ2n) is 6.68. The van der Waals surface area contributed by atoms with Crippen molar-refractivity contribution in [2.75, 3.05) is 11.1 Å². The zero-order valence-corrected chi connectivity index (χ0v) is 17.1. The van der Waals surface area contributed by atoms with E-state index in [1.165, 1.54) is 11.8 Å². The number of para-hydroxylation sites is 2. The highest BCUT2D eigenvalue weighted by atomic mass is 32.2. The molecular formula is C23H20N4O2S. The molecule has 30 heavy (non-hydrogen) atoms. The molecule has 2 N–H and O–H groups in total. The molecule has 0 aliphatic heterocycles. The number of hydrogen-bond donors (Lipinski definition) is 2. The van der Waals surface area contributed by atoms with Gasteiger partial charge in [0.2, 0.25) is 5.91 Å². The number of phenolic OH excluding ortho intramolecular Hbond substituents is 1. The highest BCUT2D eigenvalue weighted by molar-refractivity contribution is 7.99. The summed E-state index contributed by atoms with van der Waals surface area (Å²) in [6.07, 6.45) is 0. The SMILES string of the molecule is Cc1ccccc1NC(=O)CSc1nnc(-c2ccc(O)cc2)n1-c1ccccc1. The molecule has 0 unspecified atom stereocenters. The molecular weight excluding hydrogens is 396 g/mol. The fourth-order valence-corrected chi connectivity index (χ4v) is 3.75. The summed E-state index contributed by atoms with van der Waals surface area (Å²) in [4.78, 5) is 12.5. The van der Waals surface area contributed by atoms with Crippen molar-refractivity contribution in [3.8, 4) is 22.8 Å². The number of carbonyl (C=O) groups is 1. The molecule has 0 bridgehead atoms. The van der Waals surface area contributed by atoms with Crippen LogP contribution in [-0.2, 0) is 4.79 Å². The van der Waals surface area contributed by atoms with Crippen LogP contribution in [-0.4, -0.2) is 31.5 Å². The van der Waals surface area contributed by atoms with E-state index in [1.807, 2.05) is 66.1 Å². The molecule has 0 radical (unpaired) electrons. The number of thioether (sulfide) groups is 1. The summed E-state index contributed by atoms with van der Waals surface area (Å²) < 4.78 is 1.91. The van der Waals surface area contributed by atoms with Gasteiger partial charge in [-0.05, 0) is 55.0 Å². The number of aromatic nitrogens is 3. The number of phenols is 1. The molecule has 6 nitrogen and oxygen atoms in total. The van der Waals surface area contributed by atoms with Gasteiger partial charge in [-0.1, -0.05) is 48.2 Å². The van der Waals surface area contributed by atoms with E-state index in [1.54, 1.807) is 24.3 Å².